The van der Waals surface area contributed by atoms with Gasteiger partial charge in [-0.3, -0.25) is 14.4 Å². The predicted octanol–water partition coefficient (Wildman–Crippen LogP) is 1.61. The first-order chi connectivity index (χ1) is 11.7. The molecule has 1 amide bonds. The molecular weight excluding hydrogens is 302 g/mol. The van der Waals surface area contributed by atoms with E-state index in [9.17, 15) is 4.79 Å². The van der Waals surface area contributed by atoms with Gasteiger partial charge in [-0.05, 0) is 37.8 Å². The zero-order valence-corrected chi connectivity index (χ0v) is 14.2. The summed E-state index contributed by atoms with van der Waals surface area (Å²) in [4.78, 5) is 18.4. The molecule has 1 aromatic carbocycles. The molecule has 0 aliphatic carbocycles. The van der Waals surface area contributed by atoms with E-state index in [0.29, 0.717) is 19.0 Å². The second kappa shape index (κ2) is 8.06. The van der Waals surface area contributed by atoms with Crippen molar-refractivity contribution in [2.75, 3.05) is 19.6 Å². The Morgan fingerprint density at radius 3 is 2.92 bits per heavy atom. The summed E-state index contributed by atoms with van der Waals surface area (Å²) in [5, 5.41) is 7.19. The Bertz CT molecular complexity index is 638. The average molecular weight is 327 g/mol. The predicted molar refractivity (Wildman–Crippen MR) is 92.2 cm³/mol. The lowest BCUT2D eigenvalue weighted by atomic mass is 9.98. The van der Waals surface area contributed by atoms with Crippen LogP contribution in [-0.2, 0) is 17.9 Å². The second-order valence-corrected chi connectivity index (χ2v) is 6.62. The number of carbonyl (C=O) groups is 1. The third-order valence-corrected chi connectivity index (χ3v) is 4.49. The molecule has 1 N–H and O–H groups in total. The number of aromatic nitrogens is 3. The lowest BCUT2D eigenvalue weighted by Crippen LogP contribution is -2.43. The molecule has 3 rings (SSSR count). The Morgan fingerprint density at radius 1 is 1.33 bits per heavy atom. The number of likely N-dealkylation sites (tertiary alicyclic amines) is 1. The van der Waals surface area contributed by atoms with Crippen molar-refractivity contribution in [3.8, 4) is 0 Å². The first-order valence-corrected chi connectivity index (χ1v) is 8.56. The van der Waals surface area contributed by atoms with Gasteiger partial charge in [-0.25, -0.2) is 4.98 Å². The molecule has 1 saturated heterocycles. The van der Waals surface area contributed by atoms with Crippen LogP contribution in [0.4, 0.5) is 0 Å². The van der Waals surface area contributed by atoms with Gasteiger partial charge in [0, 0.05) is 19.6 Å². The summed E-state index contributed by atoms with van der Waals surface area (Å²) >= 11 is 0. The highest BCUT2D eigenvalue weighted by atomic mass is 16.2. The Morgan fingerprint density at radius 2 is 2.17 bits per heavy atom. The summed E-state index contributed by atoms with van der Waals surface area (Å²) < 4.78 is 1.88. The number of nitrogens with one attached hydrogen (secondary N) is 1. The minimum absolute atomic E-state index is 0.0944. The van der Waals surface area contributed by atoms with E-state index in [4.69, 9.17) is 0 Å². The van der Waals surface area contributed by atoms with E-state index in [-0.39, 0.29) is 5.91 Å². The highest BCUT2D eigenvalue weighted by Crippen LogP contribution is 2.17. The van der Waals surface area contributed by atoms with Crippen LogP contribution < -0.4 is 5.32 Å². The number of piperidine rings is 1. The van der Waals surface area contributed by atoms with Gasteiger partial charge >= 0.3 is 0 Å². The van der Waals surface area contributed by atoms with Gasteiger partial charge in [-0.2, -0.15) is 5.10 Å². The number of benzene rings is 1. The highest BCUT2D eigenvalue weighted by Gasteiger charge is 2.22. The average Bonchev–Trinajstić information content (AvgIpc) is 3.08. The zero-order valence-electron chi connectivity index (χ0n) is 14.2. The maximum Gasteiger partial charge on any atom is 0.234 e. The Hall–Kier alpha value is -2.21. The van der Waals surface area contributed by atoms with Gasteiger partial charge in [0.2, 0.25) is 5.91 Å². The van der Waals surface area contributed by atoms with Crippen LogP contribution in [0.3, 0.4) is 0 Å². The highest BCUT2D eigenvalue weighted by molar-refractivity contribution is 5.78. The fraction of sp³-hybridized carbons (Fsp3) is 0.500. The summed E-state index contributed by atoms with van der Waals surface area (Å²) in [5.41, 5.74) is 2.37. The zero-order chi connectivity index (χ0) is 16.8. The van der Waals surface area contributed by atoms with Crippen LogP contribution in [0.1, 0.15) is 24.0 Å². The molecule has 0 radical (unpaired) electrons. The molecule has 0 unspecified atom stereocenters. The largest absolute Gasteiger partial charge is 0.351 e. The molecule has 2 aromatic rings. The number of nitrogens with zero attached hydrogens (tertiary/aromatic N) is 4. The van der Waals surface area contributed by atoms with Crippen LogP contribution in [0.15, 0.2) is 36.9 Å². The minimum atomic E-state index is 0.0944. The summed E-state index contributed by atoms with van der Waals surface area (Å²) in [6.07, 6.45) is 5.64. The number of rotatable bonds is 6. The van der Waals surface area contributed by atoms with Crippen LogP contribution >= 0.6 is 0 Å². The van der Waals surface area contributed by atoms with Gasteiger partial charge in [0.1, 0.15) is 12.7 Å². The van der Waals surface area contributed by atoms with Gasteiger partial charge in [-0.15, -0.1) is 0 Å². The standard InChI is InChI=1S/C18H25N5O/c1-15-4-6-16(7-5-15)9-20-18(24)12-22-8-2-3-17(10-22)11-23-14-19-13-21-23/h4-7,13-14,17H,2-3,8-12H2,1H3,(H,20,24)/t17-/m1/s1. The van der Waals surface area contributed by atoms with E-state index >= 15 is 0 Å². The normalized spacial score (nSPS) is 18.5. The van der Waals surface area contributed by atoms with Crippen molar-refractivity contribution in [1.82, 2.24) is 25.0 Å². The van der Waals surface area contributed by atoms with Crippen molar-refractivity contribution in [1.29, 1.82) is 0 Å². The van der Waals surface area contributed by atoms with Crippen molar-refractivity contribution in [3.05, 3.63) is 48.0 Å². The molecular formula is C18H25N5O. The van der Waals surface area contributed by atoms with Crippen molar-refractivity contribution in [3.63, 3.8) is 0 Å². The van der Waals surface area contributed by atoms with Crippen LogP contribution in [0.2, 0.25) is 0 Å². The summed E-state index contributed by atoms with van der Waals surface area (Å²) in [6.45, 7) is 5.94. The van der Waals surface area contributed by atoms with Crippen molar-refractivity contribution in [2.24, 2.45) is 5.92 Å². The molecule has 0 bridgehead atoms. The van der Waals surface area contributed by atoms with Crippen molar-refractivity contribution >= 4 is 5.91 Å². The molecule has 128 valence electrons. The van der Waals surface area contributed by atoms with Crippen molar-refractivity contribution < 1.29 is 4.79 Å². The molecule has 1 atom stereocenters. The van der Waals surface area contributed by atoms with Crippen LogP contribution in [0, 0.1) is 12.8 Å². The number of hydrogen-bond acceptors (Lipinski definition) is 4. The summed E-state index contributed by atoms with van der Waals surface area (Å²) in [6, 6.07) is 8.26. The number of amides is 1. The van der Waals surface area contributed by atoms with E-state index in [0.717, 1.165) is 31.6 Å². The summed E-state index contributed by atoms with van der Waals surface area (Å²) in [7, 11) is 0. The molecule has 0 spiro atoms. The molecule has 1 aromatic heterocycles. The van der Waals surface area contributed by atoms with Crippen LogP contribution in [-0.4, -0.2) is 45.2 Å². The number of hydrogen-bond donors (Lipinski definition) is 1. The van der Waals surface area contributed by atoms with E-state index in [1.807, 2.05) is 4.68 Å². The quantitative estimate of drug-likeness (QED) is 0.876. The Balaban J connectivity index is 1.42. The topological polar surface area (TPSA) is 63.1 Å². The first kappa shape index (κ1) is 16.6. The molecule has 1 aliphatic heterocycles. The number of carbonyl (C=O) groups excluding carboxylic acids is 1. The maximum absolute atomic E-state index is 12.2. The summed E-state index contributed by atoms with van der Waals surface area (Å²) in [5.74, 6) is 0.627. The maximum atomic E-state index is 12.2. The van der Waals surface area contributed by atoms with E-state index in [2.05, 4.69) is 51.5 Å². The Kier molecular flexibility index (Phi) is 5.59. The molecule has 2 heterocycles. The molecule has 6 nitrogen and oxygen atoms in total. The molecule has 6 heteroatoms. The van der Waals surface area contributed by atoms with Crippen LogP contribution in [0.25, 0.3) is 0 Å². The SMILES string of the molecule is Cc1ccc(CNC(=O)CN2CCC[C@@H](Cn3cncn3)C2)cc1. The Labute approximate surface area is 142 Å². The van der Waals surface area contributed by atoms with Gasteiger partial charge in [0.15, 0.2) is 0 Å². The fourth-order valence-corrected chi connectivity index (χ4v) is 3.20. The van der Waals surface area contributed by atoms with Gasteiger partial charge in [0.25, 0.3) is 0 Å². The lowest BCUT2D eigenvalue weighted by molar-refractivity contribution is -0.122. The van der Waals surface area contributed by atoms with Gasteiger partial charge < -0.3 is 5.32 Å². The second-order valence-electron chi connectivity index (χ2n) is 6.62. The monoisotopic (exact) mass is 327 g/mol. The van der Waals surface area contributed by atoms with E-state index in [1.165, 1.54) is 12.0 Å². The first-order valence-electron chi connectivity index (χ1n) is 8.56. The third kappa shape index (κ3) is 4.89. The molecule has 1 fully saturated rings. The minimum Gasteiger partial charge on any atom is -0.351 e. The third-order valence-electron chi connectivity index (χ3n) is 4.49. The molecule has 1 aliphatic rings. The molecule has 0 saturated carbocycles. The lowest BCUT2D eigenvalue weighted by Gasteiger charge is -2.32. The van der Waals surface area contributed by atoms with E-state index in [1.54, 1.807) is 12.7 Å². The van der Waals surface area contributed by atoms with Gasteiger partial charge in [0.05, 0.1) is 6.54 Å². The van der Waals surface area contributed by atoms with Crippen LogP contribution in [0.5, 0.6) is 0 Å². The smallest absolute Gasteiger partial charge is 0.234 e. The van der Waals surface area contributed by atoms with E-state index < -0.39 is 0 Å². The number of aryl methyl sites for hydroxylation is 1. The molecule has 24 heavy (non-hydrogen) atoms. The fourth-order valence-electron chi connectivity index (χ4n) is 3.20. The van der Waals surface area contributed by atoms with Gasteiger partial charge in [-0.1, -0.05) is 29.8 Å². The van der Waals surface area contributed by atoms with Crippen molar-refractivity contribution in [2.45, 2.75) is 32.9 Å².